The van der Waals surface area contributed by atoms with Gasteiger partial charge in [0, 0.05) is 17.5 Å². The Bertz CT molecular complexity index is 997. The van der Waals surface area contributed by atoms with Crippen molar-refractivity contribution in [3.8, 4) is 17.2 Å². The number of rotatable bonds is 5. The van der Waals surface area contributed by atoms with Gasteiger partial charge in [0.2, 0.25) is 5.75 Å². The number of methoxy groups -OCH3 is 3. The van der Waals surface area contributed by atoms with Crippen LogP contribution in [0.4, 0.5) is 5.82 Å². The van der Waals surface area contributed by atoms with E-state index in [4.69, 9.17) is 24.0 Å². The number of aryl methyl sites for hydroxylation is 1. The monoisotopic (exact) mass is 399 g/mol. The van der Waals surface area contributed by atoms with E-state index in [1.54, 1.807) is 21.3 Å². The normalized spacial score (nSPS) is 17.6. The highest BCUT2D eigenvalue weighted by molar-refractivity contribution is 5.97. The van der Waals surface area contributed by atoms with E-state index in [1.807, 2.05) is 23.7 Å². The summed E-state index contributed by atoms with van der Waals surface area (Å²) >= 11 is 0. The van der Waals surface area contributed by atoms with Gasteiger partial charge in [0.05, 0.1) is 38.3 Å². The quantitative estimate of drug-likeness (QED) is 0.773. The van der Waals surface area contributed by atoms with Crippen LogP contribution in [0, 0.1) is 6.92 Å². The lowest BCUT2D eigenvalue weighted by molar-refractivity contribution is -0.136. The minimum Gasteiger partial charge on any atom is -0.493 e. The predicted octanol–water partition coefficient (Wildman–Crippen LogP) is 3.17. The van der Waals surface area contributed by atoms with E-state index in [-0.39, 0.29) is 24.5 Å². The first-order chi connectivity index (χ1) is 13.9. The van der Waals surface area contributed by atoms with E-state index in [9.17, 15) is 4.79 Å². The molecule has 0 aliphatic carbocycles. The molecule has 0 bridgehead atoms. The van der Waals surface area contributed by atoms with E-state index in [0.29, 0.717) is 22.8 Å². The van der Waals surface area contributed by atoms with E-state index >= 15 is 0 Å². The number of nitrogens with one attached hydrogen (secondary N) is 1. The van der Waals surface area contributed by atoms with Crippen molar-refractivity contribution < 1.29 is 23.7 Å². The third-order valence-electron chi connectivity index (χ3n) is 5.38. The van der Waals surface area contributed by atoms with Gasteiger partial charge in [-0.1, -0.05) is 0 Å². The van der Waals surface area contributed by atoms with Crippen molar-refractivity contribution in [2.45, 2.75) is 32.7 Å². The van der Waals surface area contributed by atoms with Crippen LogP contribution in [0.2, 0.25) is 0 Å². The molecule has 154 valence electrons. The van der Waals surface area contributed by atoms with Crippen molar-refractivity contribution in [1.82, 2.24) is 9.78 Å². The van der Waals surface area contributed by atoms with Gasteiger partial charge in [0.1, 0.15) is 12.4 Å². The Morgan fingerprint density at radius 2 is 1.83 bits per heavy atom. The molecule has 29 heavy (non-hydrogen) atoms. The van der Waals surface area contributed by atoms with Gasteiger partial charge in [-0.25, -0.2) is 9.48 Å². The molecule has 4 rings (SSSR count). The lowest BCUT2D eigenvalue weighted by Crippen LogP contribution is -2.21. The number of fused-ring (bicyclic) bond motifs is 1. The molecule has 0 fully saturated rings. The molecule has 1 atom stereocenters. The van der Waals surface area contributed by atoms with Crippen LogP contribution in [0.25, 0.3) is 0 Å². The molecule has 1 aromatic heterocycles. The maximum Gasteiger partial charge on any atom is 0.337 e. The van der Waals surface area contributed by atoms with Crippen molar-refractivity contribution >= 4 is 11.8 Å². The third-order valence-corrected chi connectivity index (χ3v) is 5.38. The first-order valence-corrected chi connectivity index (χ1v) is 9.47. The molecule has 2 aliphatic heterocycles. The van der Waals surface area contributed by atoms with Crippen LogP contribution in [0.3, 0.4) is 0 Å². The number of ether oxygens (including phenoxy) is 4. The van der Waals surface area contributed by atoms with Crippen molar-refractivity contribution in [2.75, 3.05) is 33.3 Å². The average Bonchev–Trinajstić information content (AvgIpc) is 3.25. The van der Waals surface area contributed by atoms with Crippen LogP contribution in [-0.4, -0.2) is 43.7 Å². The predicted molar refractivity (Wildman–Crippen MR) is 107 cm³/mol. The Morgan fingerprint density at radius 3 is 2.38 bits per heavy atom. The Labute approximate surface area is 169 Å². The number of carbonyl (C=O) groups is 1. The SMILES string of the molecule is COc1cc([C@@H]2C3=C(COC3=O)Nc3c2c(C)nn3C(C)C)cc(OC)c1OC. The molecular weight excluding hydrogens is 374 g/mol. The molecule has 0 saturated carbocycles. The van der Waals surface area contributed by atoms with Gasteiger partial charge >= 0.3 is 5.97 Å². The van der Waals surface area contributed by atoms with Crippen LogP contribution >= 0.6 is 0 Å². The van der Waals surface area contributed by atoms with Crippen LogP contribution in [0.5, 0.6) is 17.2 Å². The zero-order chi connectivity index (χ0) is 20.9. The molecule has 8 nitrogen and oxygen atoms in total. The topological polar surface area (TPSA) is 83.8 Å². The molecule has 0 unspecified atom stereocenters. The summed E-state index contributed by atoms with van der Waals surface area (Å²) in [7, 11) is 4.71. The maximum absolute atomic E-state index is 12.7. The minimum absolute atomic E-state index is 0.158. The number of hydrogen-bond donors (Lipinski definition) is 1. The Hall–Kier alpha value is -3.16. The average molecular weight is 399 g/mol. The first kappa shape index (κ1) is 19.2. The number of cyclic esters (lactones) is 1. The Kier molecular flexibility index (Phi) is 4.64. The summed E-state index contributed by atoms with van der Waals surface area (Å²) in [6.45, 7) is 6.32. The highest BCUT2D eigenvalue weighted by Gasteiger charge is 2.42. The molecule has 0 amide bonds. The van der Waals surface area contributed by atoms with Crippen molar-refractivity contribution in [1.29, 1.82) is 0 Å². The van der Waals surface area contributed by atoms with Crippen LogP contribution in [0.1, 0.15) is 42.6 Å². The maximum atomic E-state index is 12.7. The summed E-state index contributed by atoms with van der Waals surface area (Å²) in [5.41, 5.74) is 4.01. The number of benzene rings is 1. The Morgan fingerprint density at radius 1 is 1.17 bits per heavy atom. The number of nitrogens with zero attached hydrogens (tertiary/aromatic N) is 2. The van der Waals surface area contributed by atoms with E-state index in [1.165, 1.54) is 0 Å². The summed E-state index contributed by atoms with van der Waals surface area (Å²) in [5.74, 6) is 1.78. The van der Waals surface area contributed by atoms with E-state index in [2.05, 4.69) is 19.2 Å². The second-order valence-electron chi connectivity index (χ2n) is 7.37. The molecule has 1 aromatic carbocycles. The number of anilines is 1. The standard InChI is InChI=1S/C21H25N3O5/c1-10(2)24-20-16(11(3)23-24)17(18-13(22-20)9-29-21(18)25)12-7-14(26-4)19(28-6)15(8-12)27-5/h7-8,10,17,22H,9H2,1-6H3/t17-/m0/s1. The molecule has 3 heterocycles. The third kappa shape index (κ3) is 2.82. The molecule has 8 heteroatoms. The second-order valence-corrected chi connectivity index (χ2v) is 7.37. The van der Waals surface area contributed by atoms with Gasteiger partial charge in [-0.15, -0.1) is 0 Å². The molecule has 0 saturated heterocycles. The molecule has 2 aliphatic rings. The first-order valence-electron chi connectivity index (χ1n) is 9.47. The zero-order valence-electron chi connectivity index (χ0n) is 17.5. The summed E-state index contributed by atoms with van der Waals surface area (Å²) < 4.78 is 23.8. The molecule has 1 N–H and O–H groups in total. The smallest absolute Gasteiger partial charge is 0.337 e. The van der Waals surface area contributed by atoms with Gasteiger partial charge in [0.15, 0.2) is 11.5 Å². The minimum atomic E-state index is -0.350. The van der Waals surface area contributed by atoms with Crippen molar-refractivity contribution in [3.05, 3.63) is 40.2 Å². The molecular formula is C21H25N3O5. The summed E-state index contributed by atoms with van der Waals surface area (Å²) in [4.78, 5) is 12.7. The molecule has 2 aromatic rings. The van der Waals surface area contributed by atoms with Gasteiger partial charge in [-0.05, 0) is 38.5 Å². The van der Waals surface area contributed by atoms with E-state index in [0.717, 1.165) is 28.3 Å². The van der Waals surface area contributed by atoms with Gasteiger partial charge in [0.25, 0.3) is 0 Å². The number of aromatic nitrogens is 2. The fraction of sp³-hybridized carbons (Fsp3) is 0.429. The lowest BCUT2D eigenvalue weighted by atomic mass is 9.81. The Balaban J connectivity index is 1.99. The molecule has 0 radical (unpaired) electrons. The largest absolute Gasteiger partial charge is 0.493 e. The molecule has 0 spiro atoms. The van der Waals surface area contributed by atoms with Crippen molar-refractivity contribution in [2.24, 2.45) is 0 Å². The highest BCUT2D eigenvalue weighted by Crippen LogP contribution is 2.49. The summed E-state index contributed by atoms with van der Waals surface area (Å²) in [6.07, 6.45) is 0. The number of hydrogen-bond acceptors (Lipinski definition) is 7. The zero-order valence-corrected chi connectivity index (χ0v) is 17.5. The summed E-state index contributed by atoms with van der Waals surface area (Å²) in [5, 5.41) is 8.11. The fourth-order valence-electron chi connectivity index (χ4n) is 4.10. The second kappa shape index (κ2) is 7.02. The highest BCUT2D eigenvalue weighted by atomic mass is 16.5. The van der Waals surface area contributed by atoms with Crippen molar-refractivity contribution in [3.63, 3.8) is 0 Å². The number of esters is 1. The number of carbonyl (C=O) groups excluding carboxylic acids is 1. The van der Waals surface area contributed by atoms with Gasteiger partial charge in [-0.3, -0.25) is 0 Å². The fourth-order valence-corrected chi connectivity index (χ4v) is 4.10. The van der Waals surface area contributed by atoms with Crippen LogP contribution in [0.15, 0.2) is 23.4 Å². The van der Waals surface area contributed by atoms with Gasteiger partial charge in [-0.2, -0.15) is 5.10 Å². The lowest BCUT2D eigenvalue weighted by Gasteiger charge is -2.27. The van der Waals surface area contributed by atoms with E-state index < -0.39 is 0 Å². The summed E-state index contributed by atoms with van der Waals surface area (Å²) in [6, 6.07) is 3.92. The van der Waals surface area contributed by atoms with Crippen LogP contribution < -0.4 is 19.5 Å². The van der Waals surface area contributed by atoms with Gasteiger partial charge < -0.3 is 24.3 Å². The van der Waals surface area contributed by atoms with Crippen LogP contribution in [-0.2, 0) is 9.53 Å².